The molecule has 0 aliphatic rings. The van der Waals surface area contributed by atoms with Crippen molar-refractivity contribution in [2.75, 3.05) is 20.8 Å². The average Bonchev–Trinajstić information content (AvgIpc) is 2.66. The third-order valence-corrected chi connectivity index (χ3v) is 4.10. The molecule has 0 aliphatic heterocycles. The van der Waals surface area contributed by atoms with Gasteiger partial charge in [0.25, 0.3) is 11.5 Å². The van der Waals surface area contributed by atoms with Gasteiger partial charge in [-0.25, -0.2) is 9.37 Å². The number of aromatic hydroxyl groups is 1. The predicted octanol–water partition coefficient (Wildman–Crippen LogP) is 0.710. The van der Waals surface area contributed by atoms with E-state index in [4.69, 9.17) is 4.74 Å². The van der Waals surface area contributed by atoms with Gasteiger partial charge < -0.3 is 25.0 Å². The third-order valence-electron chi connectivity index (χ3n) is 4.10. The number of likely N-dealkylation sites (N-methyl/N-ethyl adjacent to an activating group) is 1. The van der Waals surface area contributed by atoms with E-state index in [9.17, 15) is 23.9 Å². The largest absolute Gasteiger partial charge is 0.501 e. The van der Waals surface area contributed by atoms with Crippen LogP contribution in [-0.2, 0) is 16.1 Å². The lowest BCUT2D eigenvalue weighted by molar-refractivity contribution is -0.131. The molecule has 0 aliphatic carbocycles. The highest BCUT2D eigenvalue weighted by atomic mass is 19.1. The van der Waals surface area contributed by atoms with Crippen LogP contribution in [0, 0.1) is 5.82 Å². The first-order chi connectivity index (χ1) is 13.2. The number of aromatic nitrogens is 2. The highest BCUT2D eigenvalue weighted by molar-refractivity contribution is 5.94. The van der Waals surface area contributed by atoms with E-state index in [1.807, 2.05) is 0 Å². The second-order valence-electron chi connectivity index (χ2n) is 6.06. The molecule has 0 radical (unpaired) electrons. The van der Waals surface area contributed by atoms with Gasteiger partial charge in [-0.15, -0.1) is 0 Å². The molecule has 0 saturated heterocycles. The Morgan fingerprint density at radius 2 is 2.00 bits per heavy atom. The smallest absolute Gasteiger partial charge is 0.294 e. The van der Waals surface area contributed by atoms with E-state index >= 15 is 0 Å². The van der Waals surface area contributed by atoms with Gasteiger partial charge in [0.2, 0.25) is 11.7 Å². The van der Waals surface area contributed by atoms with Crippen LogP contribution < -0.4 is 10.9 Å². The van der Waals surface area contributed by atoms with Crippen molar-refractivity contribution in [3.63, 3.8) is 0 Å². The summed E-state index contributed by atoms with van der Waals surface area (Å²) in [7, 11) is 2.91. The van der Waals surface area contributed by atoms with Crippen LogP contribution in [0.25, 0.3) is 0 Å². The Balaban J connectivity index is 2.30. The van der Waals surface area contributed by atoms with Gasteiger partial charge in [0.1, 0.15) is 17.7 Å². The number of benzene rings is 1. The van der Waals surface area contributed by atoms with Crippen LogP contribution in [0.15, 0.2) is 29.1 Å². The summed E-state index contributed by atoms with van der Waals surface area (Å²) >= 11 is 0. The summed E-state index contributed by atoms with van der Waals surface area (Å²) < 4.78 is 18.0. The topological polar surface area (TPSA) is 125 Å². The van der Waals surface area contributed by atoms with Gasteiger partial charge in [-0.1, -0.05) is 12.1 Å². The number of methoxy groups -OCH3 is 1. The minimum Gasteiger partial charge on any atom is -0.501 e. The number of aromatic amines is 1. The van der Waals surface area contributed by atoms with Crippen LogP contribution in [0.1, 0.15) is 34.8 Å². The summed E-state index contributed by atoms with van der Waals surface area (Å²) in [4.78, 5) is 43.9. The van der Waals surface area contributed by atoms with Crippen molar-refractivity contribution in [3.8, 4) is 5.75 Å². The van der Waals surface area contributed by atoms with Gasteiger partial charge >= 0.3 is 0 Å². The Bertz CT molecular complexity index is 913. The Morgan fingerprint density at radius 1 is 1.36 bits per heavy atom. The maximum atomic E-state index is 12.9. The van der Waals surface area contributed by atoms with Gasteiger partial charge in [-0.2, -0.15) is 0 Å². The SMILES string of the molecule is COCC(c1nc(C(=O)NCc2ccc(F)cc2)c(O)c(=O)[nH]1)N(C)C(C)=O. The lowest BCUT2D eigenvalue weighted by atomic mass is 10.2. The molecule has 1 aromatic carbocycles. The monoisotopic (exact) mass is 392 g/mol. The fourth-order valence-corrected chi connectivity index (χ4v) is 2.42. The van der Waals surface area contributed by atoms with E-state index < -0.39 is 34.8 Å². The number of carbonyl (C=O) groups is 2. The van der Waals surface area contributed by atoms with Gasteiger partial charge in [-0.05, 0) is 17.7 Å². The Labute approximate surface area is 160 Å². The third kappa shape index (κ3) is 4.92. The van der Waals surface area contributed by atoms with E-state index in [0.717, 1.165) is 0 Å². The van der Waals surface area contributed by atoms with Crippen molar-refractivity contribution < 1.29 is 23.8 Å². The van der Waals surface area contributed by atoms with Crippen molar-refractivity contribution in [3.05, 3.63) is 57.5 Å². The maximum absolute atomic E-state index is 12.9. The van der Waals surface area contributed by atoms with Crippen molar-refractivity contribution >= 4 is 11.8 Å². The molecule has 28 heavy (non-hydrogen) atoms. The molecule has 9 nitrogen and oxygen atoms in total. The quantitative estimate of drug-likeness (QED) is 0.637. The van der Waals surface area contributed by atoms with Crippen molar-refractivity contribution in [2.24, 2.45) is 0 Å². The Kier molecular flexibility index (Phi) is 6.83. The Hall–Kier alpha value is -3.27. The molecule has 1 heterocycles. The molecule has 2 amide bonds. The van der Waals surface area contributed by atoms with Crippen LogP contribution >= 0.6 is 0 Å². The van der Waals surface area contributed by atoms with Gasteiger partial charge in [0.15, 0.2) is 5.69 Å². The second kappa shape index (κ2) is 9.09. The second-order valence-corrected chi connectivity index (χ2v) is 6.06. The van der Waals surface area contributed by atoms with Crippen molar-refractivity contribution in [1.29, 1.82) is 0 Å². The summed E-state index contributed by atoms with van der Waals surface area (Å²) in [6.45, 7) is 1.38. The summed E-state index contributed by atoms with van der Waals surface area (Å²) in [5, 5.41) is 12.5. The zero-order valence-electron chi connectivity index (χ0n) is 15.7. The summed E-state index contributed by atoms with van der Waals surface area (Å²) in [5.41, 5.74) is -0.790. The van der Waals surface area contributed by atoms with Crippen LogP contribution in [0.5, 0.6) is 5.75 Å². The number of carbonyl (C=O) groups excluding carboxylic acids is 2. The van der Waals surface area contributed by atoms with E-state index in [1.165, 1.54) is 50.2 Å². The molecule has 0 fully saturated rings. The number of rotatable bonds is 7. The molecule has 150 valence electrons. The average molecular weight is 392 g/mol. The number of amides is 2. The summed E-state index contributed by atoms with van der Waals surface area (Å²) in [6, 6.07) is 4.70. The zero-order valence-corrected chi connectivity index (χ0v) is 15.7. The molecule has 1 unspecified atom stereocenters. The zero-order chi connectivity index (χ0) is 20.8. The van der Waals surface area contributed by atoms with Crippen LogP contribution in [0.2, 0.25) is 0 Å². The molecule has 0 bridgehead atoms. The molecule has 0 saturated carbocycles. The molecule has 1 atom stereocenters. The number of H-pyrrole nitrogens is 1. The standard InChI is InChI=1S/C18H21FN4O5/c1-10(24)23(2)13(9-28-3)16-21-14(15(25)18(27)22-16)17(26)20-8-11-4-6-12(19)7-5-11/h4-7,13,25H,8-9H2,1-3H3,(H,20,26)(H,21,22,27). The normalized spacial score (nSPS) is 11.7. The number of hydrogen-bond donors (Lipinski definition) is 3. The van der Waals surface area contributed by atoms with E-state index in [1.54, 1.807) is 0 Å². The lowest BCUT2D eigenvalue weighted by Gasteiger charge is -2.26. The van der Waals surface area contributed by atoms with Gasteiger partial charge in [-0.3, -0.25) is 14.4 Å². The molecule has 0 spiro atoms. The fourth-order valence-electron chi connectivity index (χ4n) is 2.42. The molecule has 2 rings (SSSR count). The highest BCUT2D eigenvalue weighted by Crippen LogP contribution is 2.18. The molecule has 3 N–H and O–H groups in total. The summed E-state index contributed by atoms with van der Waals surface area (Å²) in [5.74, 6) is -2.36. The van der Waals surface area contributed by atoms with E-state index in [2.05, 4.69) is 15.3 Å². The summed E-state index contributed by atoms with van der Waals surface area (Å²) in [6.07, 6.45) is 0. The molecule has 1 aromatic heterocycles. The molecular weight excluding hydrogens is 371 g/mol. The lowest BCUT2D eigenvalue weighted by Crippen LogP contribution is -2.35. The number of ether oxygens (including phenoxy) is 1. The van der Waals surface area contributed by atoms with Gasteiger partial charge in [0, 0.05) is 27.6 Å². The Morgan fingerprint density at radius 3 is 2.57 bits per heavy atom. The van der Waals surface area contributed by atoms with Crippen molar-refractivity contribution in [2.45, 2.75) is 19.5 Å². The maximum Gasteiger partial charge on any atom is 0.294 e. The first kappa shape index (κ1) is 21.0. The minimum atomic E-state index is -0.921. The van der Waals surface area contributed by atoms with Crippen LogP contribution in [-0.4, -0.2) is 52.6 Å². The predicted molar refractivity (Wildman–Crippen MR) is 97.2 cm³/mol. The molecule has 10 heteroatoms. The number of halogens is 1. The van der Waals surface area contributed by atoms with Gasteiger partial charge in [0.05, 0.1) is 6.61 Å². The number of nitrogens with zero attached hydrogens (tertiary/aromatic N) is 2. The van der Waals surface area contributed by atoms with Crippen LogP contribution in [0.3, 0.4) is 0 Å². The molecule has 2 aromatic rings. The highest BCUT2D eigenvalue weighted by Gasteiger charge is 2.25. The van der Waals surface area contributed by atoms with Crippen LogP contribution in [0.4, 0.5) is 4.39 Å². The number of nitrogens with one attached hydrogen (secondary N) is 2. The fraction of sp³-hybridized carbons (Fsp3) is 0.333. The van der Waals surface area contributed by atoms with E-state index in [-0.39, 0.29) is 24.9 Å². The minimum absolute atomic E-state index is 0.00529. The first-order valence-corrected chi connectivity index (χ1v) is 8.32. The van der Waals surface area contributed by atoms with E-state index in [0.29, 0.717) is 5.56 Å². The number of hydrogen-bond acceptors (Lipinski definition) is 6. The first-order valence-electron chi connectivity index (χ1n) is 8.32. The van der Waals surface area contributed by atoms with Crippen molar-refractivity contribution in [1.82, 2.24) is 20.2 Å². The molecular formula is C18H21FN4O5.